The van der Waals surface area contributed by atoms with Gasteiger partial charge in [-0.15, -0.1) is 0 Å². The van der Waals surface area contributed by atoms with Crippen molar-refractivity contribution in [3.63, 3.8) is 0 Å². The smallest absolute Gasteiger partial charge is 0.366 e. The number of hydrogen-bond acceptors (Lipinski definition) is 9. The van der Waals surface area contributed by atoms with Crippen molar-refractivity contribution in [3.8, 4) is 0 Å². The molecule has 0 radical (unpaired) electrons. The van der Waals surface area contributed by atoms with Crippen LogP contribution in [0.1, 0.15) is 82.1 Å². The third kappa shape index (κ3) is 11.5. The molecule has 16 heteroatoms. The first kappa shape index (κ1) is 45.6. The molecule has 1 amide bonds. The SMILES string of the molecule is COC(=O)[C@]1(OC)C[C@H](O[Si](C)(C)C(C)(C)C)[C@@H](NC(C)=O)[C@H]([C@H](O[Si](C)(C)C(C)(C)C)[C@@H](CCP(=O)(O)O)O[Si](C)(C)C(C)(C)C)O1. The second-order valence-electron chi connectivity index (χ2n) is 17.8. The van der Waals surface area contributed by atoms with Gasteiger partial charge < -0.3 is 42.6 Å². The van der Waals surface area contributed by atoms with Crippen molar-refractivity contribution in [2.45, 2.75) is 173 Å². The van der Waals surface area contributed by atoms with E-state index in [1.54, 1.807) is 0 Å². The van der Waals surface area contributed by atoms with Crippen LogP contribution in [-0.2, 0) is 41.6 Å². The molecule has 0 aromatic rings. The van der Waals surface area contributed by atoms with E-state index in [0.29, 0.717) is 0 Å². The Morgan fingerprint density at radius 3 is 1.71 bits per heavy atom. The van der Waals surface area contributed by atoms with Crippen molar-refractivity contribution in [3.05, 3.63) is 0 Å². The summed E-state index contributed by atoms with van der Waals surface area (Å²) < 4.78 is 51.4. The lowest BCUT2D eigenvalue weighted by Gasteiger charge is -2.54. The van der Waals surface area contributed by atoms with Crippen molar-refractivity contribution in [2.24, 2.45) is 0 Å². The Balaban J connectivity index is 4.26. The van der Waals surface area contributed by atoms with Crippen LogP contribution >= 0.6 is 7.60 Å². The summed E-state index contributed by atoms with van der Waals surface area (Å²) >= 11 is 0. The second-order valence-corrected chi connectivity index (χ2v) is 33.9. The molecule has 1 aliphatic heterocycles. The Morgan fingerprint density at radius 2 is 1.33 bits per heavy atom. The zero-order valence-electron chi connectivity index (χ0n) is 33.0. The van der Waals surface area contributed by atoms with Crippen LogP contribution < -0.4 is 5.32 Å². The molecule has 0 aromatic carbocycles. The fourth-order valence-corrected chi connectivity index (χ4v) is 9.42. The van der Waals surface area contributed by atoms with E-state index < -0.39 is 80.9 Å². The van der Waals surface area contributed by atoms with Gasteiger partial charge in [0.05, 0.1) is 37.6 Å². The highest BCUT2D eigenvalue weighted by molar-refractivity contribution is 7.51. The number of rotatable bonds is 14. The van der Waals surface area contributed by atoms with Crippen LogP contribution in [0.25, 0.3) is 0 Å². The largest absolute Gasteiger partial charge is 0.465 e. The first-order valence-corrected chi connectivity index (χ1v) is 27.4. The number of hydrogen-bond donors (Lipinski definition) is 3. The molecular formula is C32H68NO11PSi3. The van der Waals surface area contributed by atoms with E-state index in [4.69, 9.17) is 27.5 Å². The maximum atomic E-state index is 13.6. The van der Waals surface area contributed by atoms with Gasteiger partial charge in [0.1, 0.15) is 6.10 Å². The van der Waals surface area contributed by atoms with Crippen LogP contribution in [0.4, 0.5) is 0 Å². The van der Waals surface area contributed by atoms with E-state index in [-0.39, 0.29) is 33.9 Å². The predicted molar refractivity (Wildman–Crippen MR) is 197 cm³/mol. The molecule has 1 aliphatic rings. The summed E-state index contributed by atoms with van der Waals surface area (Å²) in [5.74, 6) is -3.05. The molecule has 0 aromatic heterocycles. The predicted octanol–water partition coefficient (Wildman–Crippen LogP) is 6.53. The first-order valence-electron chi connectivity index (χ1n) is 16.8. The van der Waals surface area contributed by atoms with Crippen LogP contribution in [0.15, 0.2) is 0 Å². The molecule has 6 atom stereocenters. The van der Waals surface area contributed by atoms with Gasteiger partial charge >= 0.3 is 13.6 Å². The lowest BCUT2D eigenvalue weighted by molar-refractivity contribution is -0.301. The number of nitrogens with one attached hydrogen (secondary N) is 1. The fraction of sp³-hybridized carbons (Fsp3) is 0.938. The van der Waals surface area contributed by atoms with E-state index in [1.165, 1.54) is 21.1 Å². The lowest BCUT2D eigenvalue weighted by atomic mass is 9.88. The molecule has 0 saturated carbocycles. The minimum absolute atomic E-state index is 0.0608. The Bertz CT molecular complexity index is 1160. The molecule has 1 rings (SSSR count). The van der Waals surface area contributed by atoms with E-state index >= 15 is 0 Å². The van der Waals surface area contributed by atoms with Gasteiger partial charge in [0.2, 0.25) is 5.91 Å². The van der Waals surface area contributed by atoms with Gasteiger partial charge in [0.25, 0.3) is 5.79 Å². The summed E-state index contributed by atoms with van der Waals surface area (Å²) in [4.78, 5) is 46.7. The number of carbonyl (C=O) groups is 2. The van der Waals surface area contributed by atoms with Gasteiger partial charge in [-0.3, -0.25) is 9.36 Å². The van der Waals surface area contributed by atoms with Crippen molar-refractivity contribution in [2.75, 3.05) is 20.4 Å². The van der Waals surface area contributed by atoms with Crippen LogP contribution in [-0.4, -0.2) is 103 Å². The summed E-state index contributed by atoms with van der Waals surface area (Å²) in [6, 6.07) is -0.847. The van der Waals surface area contributed by atoms with Gasteiger partial charge in [-0.2, -0.15) is 0 Å². The van der Waals surface area contributed by atoms with Crippen LogP contribution in [0.5, 0.6) is 0 Å². The molecule has 0 spiro atoms. The topological polar surface area (TPSA) is 159 Å². The van der Waals surface area contributed by atoms with Crippen molar-refractivity contribution in [1.29, 1.82) is 0 Å². The highest BCUT2D eigenvalue weighted by atomic mass is 31.2. The highest BCUT2D eigenvalue weighted by Gasteiger charge is 2.60. The number of methoxy groups -OCH3 is 2. The van der Waals surface area contributed by atoms with Gasteiger partial charge in [-0.05, 0) is 60.8 Å². The highest BCUT2D eigenvalue weighted by Crippen LogP contribution is 2.47. The zero-order chi connectivity index (χ0) is 38.1. The molecule has 284 valence electrons. The average molecular weight is 758 g/mol. The third-order valence-corrected chi connectivity index (χ3v) is 25.2. The Hall–Kier alpha value is -0.459. The van der Waals surface area contributed by atoms with E-state index in [2.05, 4.69) is 107 Å². The van der Waals surface area contributed by atoms with Crippen LogP contribution in [0, 0.1) is 0 Å². The Kier molecular flexibility index (Phi) is 14.9. The quantitative estimate of drug-likeness (QED) is 0.100. The monoisotopic (exact) mass is 757 g/mol. The van der Waals surface area contributed by atoms with Crippen molar-refractivity contribution >= 4 is 44.4 Å². The fourth-order valence-electron chi connectivity index (χ4n) is 4.81. The number of esters is 1. The minimum atomic E-state index is -4.47. The maximum absolute atomic E-state index is 13.6. The third-order valence-electron chi connectivity index (χ3n) is 10.9. The number of carbonyl (C=O) groups excluding carboxylic acids is 2. The Labute approximate surface area is 293 Å². The standard InChI is InChI=1S/C32H68NO11PSi3/c1-22(34)33-25-24(43-47(15,16)30(5,6)7)21-32(40-12,28(35)39-11)41-27(25)26(44-48(17,18)31(8,9)10)23(19-20-45(36,37)38)42-46(13,14)29(2,3)4/h23-27H,19-21H2,1-18H3,(H,33,34)(H2,36,37,38)/t23-,24+,25-,26-,27-,32+/m1/s1. The summed E-state index contributed by atoms with van der Waals surface area (Å²) in [6.45, 7) is 32.6. The van der Waals surface area contributed by atoms with Crippen molar-refractivity contribution < 1.29 is 51.4 Å². The maximum Gasteiger partial charge on any atom is 0.366 e. The molecule has 1 heterocycles. The minimum Gasteiger partial charge on any atom is -0.465 e. The normalized spacial score (nSPS) is 25.0. The van der Waals surface area contributed by atoms with Gasteiger partial charge in [-0.1, -0.05) is 62.3 Å². The molecule has 1 saturated heterocycles. The van der Waals surface area contributed by atoms with Gasteiger partial charge in [-0.25, -0.2) is 4.79 Å². The molecule has 0 aliphatic carbocycles. The van der Waals surface area contributed by atoms with Gasteiger partial charge in [0.15, 0.2) is 25.0 Å². The van der Waals surface area contributed by atoms with Gasteiger partial charge in [0, 0.05) is 20.5 Å². The molecular weight excluding hydrogens is 690 g/mol. The van der Waals surface area contributed by atoms with Crippen molar-refractivity contribution in [1.82, 2.24) is 5.32 Å². The summed E-state index contributed by atoms with van der Waals surface area (Å²) in [7, 11) is -9.76. The molecule has 12 nitrogen and oxygen atoms in total. The summed E-state index contributed by atoms with van der Waals surface area (Å²) in [5, 5.41) is 2.27. The molecule has 3 N–H and O–H groups in total. The van der Waals surface area contributed by atoms with E-state index in [1.807, 2.05) is 0 Å². The average Bonchev–Trinajstić information content (AvgIpc) is 2.87. The molecule has 0 bridgehead atoms. The van der Waals surface area contributed by atoms with E-state index in [0.717, 1.165) is 0 Å². The molecule has 1 fully saturated rings. The first-order chi connectivity index (χ1) is 21.2. The molecule has 48 heavy (non-hydrogen) atoms. The lowest BCUT2D eigenvalue weighted by Crippen LogP contribution is -2.71. The summed E-state index contributed by atoms with van der Waals surface area (Å²) in [6.07, 6.45) is -4.40. The van der Waals surface area contributed by atoms with Crippen LogP contribution in [0.3, 0.4) is 0 Å². The second kappa shape index (κ2) is 15.6. The Morgan fingerprint density at radius 1 is 0.875 bits per heavy atom. The number of ether oxygens (including phenoxy) is 3. The van der Waals surface area contributed by atoms with E-state index in [9.17, 15) is 23.9 Å². The zero-order valence-corrected chi connectivity index (χ0v) is 36.9. The number of amides is 1. The summed E-state index contributed by atoms with van der Waals surface area (Å²) in [5.41, 5.74) is 0. The molecule has 0 unspecified atom stereocenters. The van der Waals surface area contributed by atoms with Crippen LogP contribution in [0.2, 0.25) is 54.4 Å².